The van der Waals surface area contributed by atoms with Crippen LogP contribution in [0.15, 0.2) is 12.4 Å². The predicted octanol–water partition coefficient (Wildman–Crippen LogP) is 1.13. The molecule has 2 N–H and O–H groups in total. The van der Waals surface area contributed by atoms with Crippen molar-refractivity contribution in [2.75, 3.05) is 7.11 Å². The van der Waals surface area contributed by atoms with Gasteiger partial charge in [-0.2, -0.15) is 9.97 Å². The van der Waals surface area contributed by atoms with Gasteiger partial charge in [0.2, 0.25) is 0 Å². The minimum Gasteiger partial charge on any atom is -0.494 e. The fraction of sp³-hybridized carbons (Fsp3) is 0.636. The number of hydrogen-bond donors (Lipinski definition) is 1. The van der Waals surface area contributed by atoms with Crippen LogP contribution in [-0.2, 0) is 0 Å². The number of nitrogens with two attached hydrogens (primary N) is 1. The standard InChI is InChI=1S/C11H17N3O2/c1-15-10-6-13-11(14-7-10)16-9-4-2-8(12)3-5-9/h6-9H,2-5,12H2,1H3. The Balaban J connectivity index is 1.88. The van der Waals surface area contributed by atoms with E-state index in [1.165, 1.54) is 0 Å². The number of hydrogen-bond acceptors (Lipinski definition) is 5. The first-order valence-corrected chi connectivity index (χ1v) is 5.56. The minimum absolute atomic E-state index is 0.202. The number of methoxy groups -OCH3 is 1. The third kappa shape index (κ3) is 2.82. The number of aromatic nitrogens is 2. The topological polar surface area (TPSA) is 70.3 Å². The van der Waals surface area contributed by atoms with E-state index in [-0.39, 0.29) is 6.10 Å². The van der Waals surface area contributed by atoms with Crippen molar-refractivity contribution in [3.63, 3.8) is 0 Å². The average molecular weight is 223 g/mol. The Kier molecular flexibility index (Phi) is 3.56. The van der Waals surface area contributed by atoms with Gasteiger partial charge < -0.3 is 15.2 Å². The molecule has 0 radical (unpaired) electrons. The van der Waals surface area contributed by atoms with E-state index in [2.05, 4.69) is 9.97 Å². The Morgan fingerprint density at radius 1 is 1.19 bits per heavy atom. The second kappa shape index (κ2) is 5.12. The molecule has 0 amide bonds. The van der Waals surface area contributed by atoms with Crippen molar-refractivity contribution in [2.24, 2.45) is 5.73 Å². The summed E-state index contributed by atoms with van der Waals surface area (Å²) in [7, 11) is 1.59. The van der Waals surface area contributed by atoms with Crippen LogP contribution in [0.1, 0.15) is 25.7 Å². The third-order valence-electron chi connectivity index (χ3n) is 2.83. The lowest BCUT2D eigenvalue weighted by molar-refractivity contribution is 0.134. The quantitative estimate of drug-likeness (QED) is 0.831. The monoisotopic (exact) mass is 223 g/mol. The summed E-state index contributed by atoms with van der Waals surface area (Å²) in [6.07, 6.45) is 7.41. The zero-order chi connectivity index (χ0) is 11.4. The summed E-state index contributed by atoms with van der Waals surface area (Å²) in [5.74, 6) is 0.637. The SMILES string of the molecule is COc1cnc(OC2CCC(N)CC2)nc1. The zero-order valence-electron chi connectivity index (χ0n) is 9.43. The molecule has 0 atom stereocenters. The van der Waals surface area contributed by atoms with Crippen molar-refractivity contribution in [1.29, 1.82) is 0 Å². The molecule has 1 aliphatic rings. The lowest BCUT2D eigenvalue weighted by Gasteiger charge is -2.25. The normalized spacial score (nSPS) is 25.1. The second-order valence-electron chi connectivity index (χ2n) is 4.06. The molecule has 1 heterocycles. The molecule has 1 aliphatic carbocycles. The largest absolute Gasteiger partial charge is 0.494 e. The summed E-state index contributed by atoms with van der Waals surface area (Å²) in [6, 6.07) is 0.748. The van der Waals surface area contributed by atoms with Gasteiger partial charge in [0.15, 0.2) is 5.75 Å². The van der Waals surface area contributed by atoms with Gasteiger partial charge in [-0.05, 0) is 25.7 Å². The highest BCUT2D eigenvalue weighted by Gasteiger charge is 2.20. The van der Waals surface area contributed by atoms with Crippen LogP contribution in [0.3, 0.4) is 0 Å². The molecule has 0 saturated heterocycles. The van der Waals surface area contributed by atoms with Crippen molar-refractivity contribution in [2.45, 2.75) is 37.8 Å². The Morgan fingerprint density at radius 3 is 2.38 bits per heavy atom. The smallest absolute Gasteiger partial charge is 0.316 e. The summed E-state index contributed by atoms with van der Waals surface area (Å²) in [5, 5.41) is 0. The molecule has 5 heteroatoms. The van der Waals surface area contributed by atoms with Crippen molar-refractivity contribution in [3.05, 3.63) is 12.4 Å². The molecule has 0 bridgehead atoms. The lowest BCUT2D eigenvalue weighted by Crippen LogP contribution is -2.32. The van der Waals surface area contributed by atoms with E-state index < -0.39 is 0 Å². The van der Waals surface area contributed by atoms with Crippen molar-refractivity contribution in [3.8, 4) is 11.8 Å². The molecule has 16 heavy (non-hydrogen) atoms. The van der Waals surface area contributed by atoms with Gasteiger partial charge in [0, 0.05) is 6.04 Å². The van der Waals surface area contributed by atoms with E-state index in [0.29, 0.717) is 17.8 Å². The van der Waals surface area contributed by atoms with Gasteiger partial charge in [-0.15, -0.1) is 0 Å². The van der Waals surface area contributed by atoms with Crippen molar-refractivity contribution < 1.29 is 9.47 Å². The van der Waals surface area contributed by atoms with Gasteiger partial charge in [-0.25, -0.2) is 0 Å². The molecule has 0 unspecified atom stereocenters. The average Bonchev–Trinajstić information content (AvgIpc) is 2.33. The van der Waals surface area contributed by atoms with Crippen molar-refractivity contribution >= 4 is 0 Å². The fourth-order valence-electron chi connectivity index (χ4n) is 1.83. The highest BCUT2D eigenvalue weighted by atomic mass is 16.5. The van der Waals surface area contributed by atoms with Gasteiger partial charge in [0.25, 0.3) is 0 Å². The lowest BCUT2D eigenvalue weighted by atomic mass is 9.94. The molecule has 1 saturated carbocycles. The Bertz CT molecular complexity index is 321. The minimum atomic E-state index is 0.202. The molecule has 5 nitrogen and oxygen atoms in total. The Hall–Kier alpha value is -1.36. The number of ether oxygens (including phenoxy) is 2. The molecular weight excluding hydrogens is 206 g/mol. The van der Waals surface area contributed by atoms with Crippen LogP contribution in [0.5, 0.6) is 11.8 Å². The first-order valence-electron chi connectivity index (χ1n) is 5.56. The molecule has 88 valence electrons. The fourth-order valence-corrected chi connectivity index (χ4v) is 1.83. The summed E-state index contributed by atoms with van der Waals surface area (Å²) in [6.45, 7) is 0. The van der Waals surface area contributed by atoms with Crippen LogP contribution in [-0.4, -0.2) is 29.2 Å². The van der Waals surface area contributed by atoms with Crippen LogP contribution in [0, 0.1) is 0 Å². The highest BCUT2D eigenvalue weighted by Crippen LogP contribution is 2.21. The van der Waals surface area contributed by atoms with Crippen LogP contribution >= 0.6 is 0 Å². The maximum absolute atomic E-state index is 5.82. The van der Waals surface area contributed by atoms with Crippen molar-refractivity contribution in [1.82, 2.24) is 9.97 Å². The van der Waals surface area contributed by atoms with Crippen LogP contribution in [0.25, 0.3) is 0 Å². The van der Waals surface area contributed by atoms with Crippen LogP contribution in [0.4, 0.5) is 0 Å². The first kappa shape index (κ1) is 11.1. The van der Waals surface area contributed by atoms with E-state index >= 15 is 0 Å². The van der Waals surface area contributed by atoms with Crippen LogP contribution in [0.2, 0.25) is 0 Å². The Morgan fingerprint density at radius 2 is 1.81 bits per heavy atom. The Labute approximate surface area is 95.0 Å². The molecule has 1 fully saturated rings. The van der Waals surface area contributed by atoms with E-state index in [4.69, 9.17) is 15.2 Å². The summed E-state index contributed by atoms with van der Waals surface area (Å²) in [5.41, 5.74) is 5.82. The van der Waals surface area contributed by atoms with Gasteiger partial charge in [0.05, 0.1) is 19.5 Å². The predicted molar refractivity (Wildman–Crippen MR) is 59.4 cm³/mol. The van der Waals surface area contributed by atoms with Gasteiger partial charge in [0.1, 0.15) is 6.10 Å². The third-order valence-corrected chi connectivity index (χ3v) is 2.83. The zero-order valence-corrected chi connectivity index (χ0v) is 9.43. The number of rotatable bonds is 3. The molecule has 0 aliphatic heterocycles. The van der Waals surface area contributed by atoms with Gasteiger partial charge in [-0.1, -0.05) is 0 Å². The first-order chi connectivity index (χ1) is 7.78. The molecule has 2 rings (SSSR count). The maximum atomic E-state index is 5.82. The van der Waals surface area contributed by atoms with E-state index in [1.54, 1.807) is 19.5 Å². The van der Waals surface area contributed by atoms with Gasteiger partial charge >= 0.3 is 6.01 Å². The second-order valence-corrected chi connectivity index (χ2v) is 4.06. The molecular formula is C11H17N3O2. The summed E-state index contributed by atoms with van der Waals surface area (Å²) in [4.78, 5) is 8.15. The van der Waals surface area contributed by atoms with E-state index in [1.807, 2.05) is 0 Å². The van der Waals surface area contributed by atoms with Gasteiger partial charge in [-0.3, -0.25) is 0 Å². The maximum Gasteiger partial charge on any atom is 0.316 e. The summed E-state index contributed by atoms with van der Waals surface area (Å²) >= 11 is 0. The summed E-state index contributed by atoms with van der Waals surface area (Å²) < 4.78 is 10.6. The molecule has 1 aromatic heterocycles. The van der Waals surface area contributed by atoms with Crippen LogP contribution < -0.4 is 15.2 Å². The van der Waals surface area contributed by atoms with E-state index in [0.717, 1.165) is 25.7 Å². The molecule has 0 aromatic carbocycles. The van der Waals surface area contributed by atoms with E-state index in [9.17, 15) is 0 Å². The molecule has 1 aromatic rings. The number of nitrogens with zero attached hydrogens (tertiary/aromatic N) is 2. The highest BCUT2D eigenvalue weighted by molar-refractivity contribution is 5.13. The molecule has 0 spiro atoms.